The molecule has 1 aromatic heterocycles. The Morgan fingerprint density at radius 2 is 2.00 bits per heavy atom. The summed E-state index contributed by atoms with van der Waals surface area (Å²) in [4.78, 5) is 31.7. The number of H-pyrrole nitrogens is 1. The highest BCUT2D eigenvalue weighted by atomic mass is 16.7. The molecule has 2 aliphatic heterocycles. The second-order valence-corrected chi connectivity index (χ2v) is 9.53. The average molecular weight is 457 g/mol. The van der Waals surface area contributed by atoms with Crippen LogP contribution < -0.4 is 10.6 Å². The van der Waals surface area contributed by atoms with E-state index in [1.165, 1.54) is 0 Å². The largest absolute Gasteiger partial charge is 0.361 e. The molecule has 3 atom stereocenters. The molecule has 33 heavy (non-hydrogen) atoms. The number of piperidine rings is 1. The summed E-state index contributed by atoms with van der Waals surface area (Å²) < 4.78 is 11.5. The van der Waals surface area contributed by atoms with Gasteiger partial charge in [0.25, 0.3) is 0 Å². The lowest BCUT2D eigenvalue weighted by Gasteiger charge is -2.34. The number of benzene rings is 1. The summed E-state index contributed by atoms with van der Waals surface area (Å²) in [6.07, 6.45) is 3.29. The molecular formula is C25H36N4O4. The van der Waals surface area contributed by atoms with Crippen molar-refractivity contribution in [1.82, 2.24) is 20.5 Å². The molecule has 2 unspecified atom stereocenters. The summed E-state index contributed by atoms with van der Waals surface area (Å²) in [7, 11) is 1.75. The lowest BCUT2D eigenvalue weighted by Crippen LogP contribution is -2.54. The molecule has 2 amide bonds. The van der Waals surface area contributed by atoms with Crippen LogP contribution in [0.1, 0.15) is 38.2 Å². The Morgan fingerprint density at radius 3 is 2.73 bits per heavy atom. The Morgan fingerprint density at radius 1 is 1.24 bits per heavy atom. The van der Waals surface area contributed by atoms with Crippen LogP contribution >= 0.6 is 0 Å². The van der Waals surface area contributed by atoms with Crippen LogP contribution in [0.4, 0.5) is 0 Å². The van der Waals surface area contributed by atoms with E-state index in [-0.39, 0.29) is 23.7 Å². The molecule has 3 heterocycles. The minimum Gasteiger partial charge on any atom is -0.361 e. The molecule has 8 heteroatoms. The Labute approximate surface area is 195 Å². The third kappa shape index (κ3) is 5.57. The molecule has 0 spiro atoms. The molecular weight excluding hydrogens is 420 g/mol. The summed E-state index contributed by atoms with van der Waals surface area (Å²) >= 11 is 0. The number of carbonyl (C=O) groups is 2. The normalized spacial score (nSPS) is 25.4. The minimum absolute atomic E-state index is 0.0698. The maximum atomic E-state index is 13.6. The SMILES string of the molecule is CC1COC(CN(C)C(=O)C(NC(=O)C2CCCNC2)[C@@H](C)c2c[nH]c3ccccc23)OC1. The molecule has 3 N–H and O–H groups in total. The predicted octanol–water partition coefficient (Wildman–Crippen LogP) is 2.22. The van der Waals surface area contributed by atoms with Gasteiger partial charge in [-0.1, -0.05) is 32.0 Å². The molecule has 8 nitrogen and oxygen atoms in total. The van der Waals surface area contributed by atoms with Gasteiger partial charge in [-0.2, -0.15) is 0 Å². The van der Waals surface area contributed by atoms with Gasteiger partial charge in [-0.05, 0) is 31.0 Å². The van der Waals surface area contributed by atoms with E-state index < -0.39 is 12.3 Å². The van der Waals surface area contributed by atoms with E-state index in [2.05, 4.69) is 22.5 Å². The van der Waals surface area contributed by atoms with Gasteiger partial charge in [-0.15, -0.1) is 0 Å². The highest BCUT2D eigenvalue weighted by Gasteiger charge is 2.35. The minimum atomic E-state index is -0.689. The zero-order chi connectivity index (χ0) is 23.4. The lowest BCUT2D eigenvalue weighted by atomic mass is 9.90. The van der Waals surface area contributed by atoms with Gasteiger partial charge in [0.1, 0.15) is 6.04 Å². The van der Waals surface area contributed by atoms with Crippen LogP contribution in [0.25, 0.3) is 10.9 Å². The number of rotatable bonds is 7. The summed E-state index contributed by atoms with van der Waals surface area (Å²) in [5.41, 5.74) is 2.03. The fourth-order valence-corrected chi connectivity index (χ4v) is 4.69. The van der Waals surface area contributed by atoms with Crippen molar-refractivity contribution in [3.05, 3.63) is 36.0 Å². The zero-order valence-corrected chi connectivity index (χ0v) is 19.8. The van der Waals surface area contributed by atoms with Crippen LogP contribution in [0.15, 0.2) is 30.5 Å². The Hall–Kier alpha value is -2.42. The van der Waals surface area contributed by atoms with E-state index in [0.717, 1.165) is 35.9 Å². The molecule has 2 saturated heterocycles. The Balaban J connectivity index is 1.53. The van der Waals surface area contributed by atoms with Gasteiger partial charge in [0.15, 0.2) is 6.29 Å². The van der Waals surface area contributed by atoms with Crippen molar-refractivity contribution < 1.29 is 19.1 Å². The standard InChI is InChI=1S/C25H36N4O4/c1-16-14-32-22(33-15-16)13-29(3)25(31)23(28-24(30)18-7-6-10-26-11-18)17(2)20-12-27-21-9-5-4-8-19(20)21/h4-5,8-9,12,16-18,22-23,26-27H,6-7,10-11,13-15H2,1-3H3,(H,28,30)/t16?,17-,18?,22?,23?/m0/s1. The van der Waals surface area contributed by atoms with Crippen molar-refractivity contribution >= 4 is 22.7 Å². The van der Waals surface area contributed by atoms with Crippen molar-refractivity contribution in [2.75, 3.05) is 39.9 Å². The maximum absolute atomic E-state index is 13.6. The topological polar surface area (TPSA) is 95.7 Å². The fourth-order valence-electron chi connectivity index (χ4n) is 4.69. The summed E-state index contributed by atoms with van der Waals surface area (Å²) in [6, 6.07) is 7.33. The number of hydrogen-bond acceptors (Lipinski definition) is 5. The van der Waals surface area contributed by atoms with Crippen molar-refractivity contribution in [3.8, 4) is 0 Å². The third-order valence-corrected chi connectivity index (χ3v) is 6.78. The molecule has 0 saturated carbocycles. The summed E-state index contributed by atoms with van der Waals surface area (Å²) in [6.45, 7) is 7.21. The van der Waals surface area contributed by atoms with Crippen LogP contribution in [0, 0.1) is 11.8 Å². The first-order valence-corrected chi connectivity index (χ1v) is 12.0. The average Bonchev–Trinajstić information content (AvgIpc) is 3.27. The second kappa shape index (κ2) is 10.7. The first-order valence-electron chi connectivity index (χ1n) is 12.0. The van der Waals surface area contributed by atoms with Crippen molar-refractivity contribution in [3.63, 3.8) is 0 Å². The molecule has 2 aliphatic rings. The van der Waals surface area contributed by atoms with Crippen LogP contribution in [-0.4, -0.2) is 73.9 Å². The Bertz CT molecular complexity index is 947. The van der Waals surface area contributed by atoms with Crippen LogP contribution in [0.3, 0.4) is 0 Å². The van der Waals surface area contributed by atoms with Gasteiger partial charge < -0.3 is 30.0 Å². The number of carbonyl (C=O) groups excluding carboxylic acids is 2. The smallest absolute Gasteiger partial charge is 0.245 e. The summed E-state index contributed by atoms with van der Waals surface area (Å²) in [5.74, 6) is -0.207. The molecule has 0 radical (unpaired) electrons. The van der Waals surface area contributed by atoms with Gasteiger partial charge in [0, 0.05) is 42.5 Å². The van der Waals surface area contributed by atoms with E-state index in [1.54, 1.807) is 11.9 Å². The molecule has 2 aromatic rings. The maximum Gasteiger partial charge on any atom is 0.245 e. The third-order valence-electron chi connectivity index (χ3n) is 6.78. The molecule has 4 rings (SSSR count). The number of hydrogen-bond donors (Lipinski definition) is 3. The van der Waals surface area contributed by atoms with Crippen LogP contribution in [0.2, 0.25) is 0 Å². The van der Waals surface area contributed by atoms with Gasteiger partial charge in [0.05, 0.1) is 25.7 Å². The lowest BCUT2D eigenvalue weighted by molar-refractivity contribution is -0.204. The van der Waals surface area contributed by atoms with Gasteiger partial charge >= 0.3 is 0 Å². The predicted molar refractivity (Wildman–Crippen MR) is 127 cm³/mol. The second-order valence-electron chi connectivity index (χ2n) is 9.53. The van der Waals surface area contributed by atoms with Crippen LogP contribution in [-0.2, 0) is 19.1 Å². The molecule has 0 bridgehead atoms. The van der Waals surface area contributed by atoms with Crippen molar-refractivity contribution in [1.29, 1.82) is 0 Å². The van der Waals surface area contributed by atoms with E-state index in [1.807, 2.05) is 37.4 Å². The number of nitrogens with one attached hydrogen (secondary N) is 3. The number of para-hydroxylation sites is 1. The van der Waals surface area contributed by atoms with Crippen molar-refractivity contribution in [2.24, 2.45) is 11.8 Å². The van der Waals surface area contributed by atoms with Gasteiger partial charge in [0.2, 0.25) is 11.8 Å². The van der Waals surface area contributed by atoms with Gasteiger partial charge in [-0.3, -0.25) is 9.59 Å². The molecule has 0 aliphatic carbocycles. The highest BCUT2D eigenvalue weighted by Crippen LogP contribution is 2.29. The number of aromatic amines is 1. The zero-order valence-electron chi connectivity index (χ0n) is 19.8. The number of aromatic nitrogens is 1. The quantitative estimate of drug-likeness (QED) is 0.594. The van der Waals surface area contributed by atoms with E-state index in [9.17, 15) is 9.59 Å². The molecule has 1 aromatic carbocycles. The number of ether oxygens (including phenoxy) is 2. The van der Waals surface area contributed by atoms with Crippen molar-refractivity contribution in [2.45, 2.75) is 44.9 Å². The molecule has 2 fully saturated rings. The Kier molecular flexibility index (Phi) is 7.67. The van der Waals surface area contributed by atoms with Crippen LogP contribution in [0.5, 0.6) is 0 Å². The van der Waals surface area contributed by atoms with Gasteiger partial charge in [-0.25, -0.2) is 0 Å². The first kappa shape index (κ1) is 23.7. The van der Waals surface area contributed by atoms with E-state index >= 15 is 0 Å². The number of fused-ring (bicyclic) bond motifs is 1. The molecule has 180 valence electrons. The van der Waals surface area contributed by atoms with E-state index in [0.29, 0.717) is 32.2 Å². The monoisotopic (exact) mass is 456 g/mol. The van der Waals surface area contributed by atoms with E-state index in [4.69, 9.17) is 9.47 Å². The highest BCUT2D eigenvalue weighted by molar-refractivity contribution is 5.91. The fraction of sp³-hybridized carbons (Fsp3) is 0.600. The summed E-state index contributed by atoms with van der Waals surface area (Å²) in [5, 5.41) is 7.45. The number of amides is 2. The number of nitrogens with zero attached hydrogens (tertiary/aromatic N) is 1. The first-order chi connectivity index (χ1) is 15.9. The number of likely N-dealkylation sites (N-methyl/N-ethyl adjacent to an activating group) is 1.